The van der Waals surface area contributed by atoms with E-state index in [1.54, 1.807) is 6.07 Å². The SMILES string of the molecule is CC(C)(C)c1ccccc1Nc1nnccc1C#N. The first-order valence-corrected chi connectivity index (χ1v) is 6.10. The molecule has 1 heterocycles. The summed E-state index contributed by atoms with van der Waals surface area (Å²) in [5.74, 6) is 0.488. The van der Waals surface area contributed by atoms with Gasteiger partial charge in [-0.15, -0.1) is 5.10 Å². The number of nitrogens with zero attached hydrogens (tertiary/aromatic N) is 3. The number of hydrogen-bond donors (Lipinski definition) is 1. The Bertz CT molecular complexity index is 621. The monoisotopic (exact) mass is 252 g/mol. The predicted octanol–water partition coefficient (Wildman–Crippen LogP) is 3.39. The predicted molar refractivity (Wildman–Crippen MR) is 75.2 cm³/mol. The van der Waals surface area contributed by atoms with Crippen LogP contribution in [-0.4, -0.2) is 10.2 Å². The Hall–Kier alpha value is -2.41. The molecule has 96 valence electrons. The van der Waals surface area contributed by atoms with E-state index in [0.717, 1.165) is 5.69 Å². The maximum atomic E-state index is 9.07. The van der Waals surface area contributed by atoms with Crippen molar-refractivity contribution in [3.63, 3.8) is 0 Å². The fourth-order valence-electron chi connectivity index (χ4n) is 1.89. The molecule has 0 spiro atoms. The molecule has 2 rings (SSSR count). The number of hydrogen-bond acceptors (Lipinski definition) is 4. The minimum atomic E-state index is 0.0125. The molecule has 0 bridgehead atoms. The third kappa shape index (κ3) is 2.89. The Morgan fingerprint density at radius 3 is 2.58 bits per heavy atom. The average Bonchev–Trinajstić information content (AvgIpc) is 2.39. The van der Waals surface area contributed by atoms with Crippen LogP contribution in [0.1, 0.15) is 31.9 Å². The van der Waals surface area contributed by atoms with E-state index in [0.29, 0.717) is 11.4 Å². The van der Waals surface area contributed by atoms with Crippen molar-refractivity contribution in [3.8, 4) is 6.07 Å². The molecule has 2 aromatic rings. The van der Waals surface area contributed by atoms with Gasteiger partial charge in [-0.05, 0) is 23.1 Å². The van der Waals surface area contributed by atoms with Gasteiger partial charge in [0.2, 0.25) is 0 Å². The molecule has 0 atom stereocenters. The summed E-state index contributed by atoms with van der Waals surface area (Å²) in [6.45, 7) is 6.44. The van der Waals surface area contributed by atoms with Crippen LogP contribution in [0, 0.1) is 11.3 Å². The normalized spacial score (nSPS) is 10.8. The zero-order valence-electron chi connectivity index (χ0n) is 11.3. The van der Waals surface area contributed by atoms with Crippen molar-refractivity contribution in [2.75, 3.05) is 5.32 Å². The molecule has 4 heteroatoms. The van der Waals surface area contributed by atoms with Gasteiger partial charge in [0.05, 0.1) is 11.8 Å². The molecule has 1 aromatic carbocycles. The largest absolute Gasteiger partial charge is 0.337 e. The van der Waals surface area contributed by atoms with Crippen molar-refractivity contribution in [1.29, 1.82) is 5.26 Å². The first-order valence-electron chi connectivity index (χ1n) is 6.10. The van der Waals surface area contributed by atoms with Crippen LogP contribution in [0.4, 0.5) is 11.5 Å². The lowest BCUT2D eigenvalue weighted by Gasteiger charge is -2.23. The molecule has 0 saturated carbocycles. The van der Waals surface area contributed by atoms with Crippen LogP contribution in [0.2, 0.25) is 0 Å². The third-order valence-corrected chi connectivity index (χ3v) is 2.83. The van der Waals surface area contributed by atoms with Gasteiger partial charge in [0.1, 0.15) is 6.07 Å². The summed E-state index contributed by atoms with van der Waals surface area (Å²) in [4.78, 5) is 0. The molecule has 0 aliphatic rings. The summed E-state index contributed by atoms with van der Waals surface area (Å²) in [5.41, 5.74) is 2.62. The van der Waals surface area contributed by atoms with E-state index in [4.69, 9.17) is 5.26 Å². The molecule has 1 aromatic heterocycles. The molecule has 0 aliphatic heterocycles. The van der Waals surface area contributed by atoms with Gasteiger partial charge in [-0.25, -0.2) is 0 Å². The second-order valence-corrected chi connectivity index (χ2v) is 5.33. The quantitative estimate of drug-likeness (QED) is 0.889. The number of nitriles is 1. The second kappa shape index (κ2) is 5.07. The maximum Gasteiger partial charge on any atom is 0.171 e. The van der Waals surface area contributed by atoms with Crippen molar-refractivity contribution in [2.45, 2.75) is 26.2 Å². The summed E-state index contributed by atoms with van der Waals surface area (Å²) in [6.07, 6.45) is 1.51. The van der Waals surface area contributed by atoms with Gasteiger partial charge in [-0.3, -0.25) is 0 Å². The van der Waals surface area contributed by atoms with E-state index < -0.39 is 0 Å². The molecule has 0 saturated heterocycles. The third-order valence-electron chi connectivity index (χ3n) is 2.83. The lowest BCUT2D eigenvalue weighted by Crippen LogP contribution is -2.14. The zero-order valence-corrected chi connectivity index (χ0v) is 11.3. The maximum absolute atomic E-state index is 9.07. The molecule has 0 amide bonds. The van der Waals surface area contributed by atoms with Crippen LogP contribution in [-0.2, 0) is 5.41 Å². The summed E-state index contributed by atoms with van der Waals surface area (Å²) in [5, 5.41) is 20.1. The number of para-hydroxylation sites is 1. The Balaban J connectivity index is 2.43. The molecular weight excluding hydrogens is 236 g/mol. The summed E-state index contributed by atoms with van der Waals surface area (Å²) >= 11 is 0. The molecule has 0 aliphatic carbocycles. The average molecular weight is 252 g/mol. The minimum absolute atomic E-state index is 0.0125. The first kappa shape index (κ1) is 13.0. The molecule has 0 unspecified atom stereocenters. The molecular formula is C15H16N4. The highest BCUT2D eigenvalue weighted by Crippen LogP contribution is 2.31. The summed E-state index contributed by atoms with van der Waals surface area (Å²) < 4.78 is 0. The van der Waals surface area contributed by atoms with E-state index in [1.165, 1.54) is 11.8 Å². The van der Waals surface area contributed by atoms with Crippen molar-refractivity contribution in [2.24, 2.45) is 0 Å². The lowest BCUT2D eigenvalue weighted by atomic mass is 9.86. The summed E-state index contributed by atoms with van der Waals surface area (Å²) in [6, 6.07) is 11.8. The fraction of sp³-hybridized carbons (Fsp3) is 0.267. The van der Waals surface area contributed by atoms with Crippen molar-refractivity contribution >= 4 is 11.5 Å². The number of aromatic nitrogens is 2. The number of nitrogens with one attached hydrogen (secondary N) is 1. The first-order chi connectivity index (χ1) is 9.02. The molecule has 0 fully saturated rings. The Kier molecular flexibility index (Phi) is 3.48. The Morgan fingerprint density at radius 1 is 1.16 bits per heavy atom. The zero-order chi connectivity index (χ0) is 13.9. The van der Waals surface area contributed by atoms with E-state index >= 15 is 0 Å². The van der Waals surface area contributed by atoms with E-state index in [9.17, 15) is 0 Å². The van der Waals surface area contributed by atoms with Crippen LogP contribution in [0.5, 0.6) is 0 Å². The van der Waals surface area contributed by atoms with Crippen LogP contribution in [0.25, 0.3) is 0 Å². The lowest BCUT2D eigenvalue weighted by molar-refractivity contribution is 0.592. The molecule has 1 N–H and O–H groups in total. The van der Waals surface area contributed by atoms with Gasteiger partial charge in [0.15, 0.2) is 5.82 Å². The Labute approximate surface area is 113 Å². The topological polar surface area (TPSA) is 61.6 Å². The van der Waals surface area contributed by atoms with Crippen molar-refractivity contribution < 1.29 is 0 Å². The van der Waals surface area contributed by atoms with Gasteiger partial charge in [0.25, 0.3) is 0 Å². The number of anilines is 2. The number of rotatable bonds is 2. The van der Waals surface area contributed by atoms with Crippen LogP contribution in [0.15, 0.2) is 36.5 Å². The highest BCUT2D eigenvalue weighted by atomic mass is 15.2. The molecule has 0 radical (unpaired) electrons. The fourth-order valence-corrected chi connectivity index (χ4v) is 1.89. The summed E-state index contributed by atoms with van der Waals surface area (Å²) in [7, 11) is 0. The van der Waals surface area contributed by atoms with E-state index in [-0.39, 0.29) is 5.41 Å². The van der Waals surface area contributed by atoms with Crippen LogP contribution >= 0.6 is 0 Å². The van der Waals surface area contributed by atoms with Crippen LogP contribution < -0.4 is 5.32 Å². The van der Waals surface area contributed by atoms with Gasteiger partial charge in [-0.1, -0.05) is 39.0 Å². The minimum Gasteiger partial charge on any atom is -0.337 e. The highest BCUT2D eigenvalue weighted by Gasteiger charge is 2.18. The van der Waals surface area contributed by atoms with E-state index in [1.807, 2.05) is 18.2 Å². The van der Waals surface area contributed by atoms with E-state index in [2.05, 4.69) is 48.4 Å². The smallest absolute Gasteiger partial charge is 0.171 e. The molecule has 4 nitrogen and oxygen atoms in total. The highest BCUT2D eigenvalue weighted by molar-refractivity contribution is 5.65. The van der Waals surface area contributed by atoms with Gasteiger partial charge in [0, 0.05) is 5.69 Å². The van der Waals surface area contributed by atoms with Gasteiger partial charge < -0.3 is 5.32 Å². The van der Waals surface area contributed by atoms with Crippen LogP contribution in [0.3, 0.4) is 0 Å². The van der Waals surface area contributed by atoms with Crippen molar-refractivity contribution in [1.82, 2.24) is 10.2 Å². The second-order valence-electron chi connectivity index (χ2n) is 5.33. The van der Waals surface area contributed by atoms with Crippen molar-refractivity contribution in [3.05, 3.63) is 47.7 Å². The number of benzene rings is 1. The van der Waals surface area contributed by atoms with Gasteiger partial charge >= 0.3 is 0 Å². The standard InChI is InChI=1S/C15H16N4/c1-15(2,3)12-6-4-5-7-13(12)18-14-11(10-16)8-9-17-19-14/h4-9H,1-3H3,(H,18,19). The Morgan fingerprint density at radius 2 is 1.89 bits per heavy atom. The molecule has 19 heavy (non-hydrogen) atoms. The van der Waals surface area contributed by atoms with Gasteiger partial charge in [-0.2, -0.15) is 10.4 Å².